The maximum absolute atomic E-state index is 12.2. The summed E-state index contributed by atoms with van der Waals surface area (Å²) in [6.07, 6.45) is 4.34. The van der Waals surface area contributed by atoms with Gasteiger partial charge in [-0.3, -0.25) is 4.79 Å². The first-order chi connectivity index (χ1) is 8.22. The smallest absolute Gasteiger partial charge is 0.264 e. The number of hydrogen-bond donors (Lipinski definition) is 1. The molecule has 5 heteroatoms. The highest BCUT2D eigenvalue weighted by Crippen LogP contribution is 2.19. The zero-order chi connectivity index (χ0) is 12.3. The zero-order valence-corrected chi connectivity index (χ0v) is 10.8. The van der Waals surface area contributed by atoms with Crippen molar-refractivity contribution >= 4 is 17.2 Å². The lowest BCUT2D eigenvalue weighted by atomic mass is 10.2. The number of aryl methyl sites for hydroxylation is 1. The van der Waals surface area contributed by atoms with Gasteiger partial charge in [0.05, 0.1) is 11.4 Å². The number of hydrogen-bond acceptors (Lipinski definition) is 3. The number of carbonyl (C=O) groups excluding carboxylic acids is 1. The molecule has 2 aromatic rings. The lowest BCUT2D eigenvalue weighted by molar-refractivity contribution is 0.0785. The van der Waals surface area contributed by atoms with Crippen molar-refractivity contribution in [1.29, 1.82) is 0 Å². The van der Waals surface area contributed by atoms with Crippen LogP contribution in [0, 0.1) is 0 Å². The summed E-state index contributed by atoms with van der Waals surface area (Å²) in [4.78, 5) is 21.8. The molecule has 2 heterocycles. The first-order valence-electron chi connectivity index (χ1n) is 5.52. The molecule has 0 aliphatic heterocycles. The largest absolute Gasteiger partial charge is 0.347 e. The molecule has 0 saturated heterocycles. The Kier molecular flexibility index (Phi) is 3.58. The van der Waals surface area contributed by atoms with Crippen LogP contribution >= 0.6 is 11.3 Å². The minimum Gasteiger partial charge on any atom is -0.347 e. The second kappa shape index (κ2) is 5.14. The molecule has 0 bridgehead atoms. The lowest BCUT2D eigenvalue weighted by Gasteiger charge is -2.15. The Bertz CT molecular complexity index is 490. The second-order valence-electron chi connectivity index (χ2n) is 3.83. The minimum atomic E-state index is 0.0632. The Balaban J connectivity index is 2.09. The van der Waals surface area contributed by atoms with Crippen LogP contribution in [0.15, 0.2) is 23.8 Å². The molecule has 1 amide bonds. The molecule has 0 aliphatic rings. The van der Waals surface area contributed by atoms with E-state index >= 15 is 0 Å². The van der Waals surface area contributed by atoms with Crippen LogP contribution in [0.5, 0.6) is 0 Å². The van der Waals surface area contributed by atoms with Crippen LogP contribution in [0.2, 0.25) is 0 Å². The van der Waals surface area contributed by atoms with Crippen LogP contribution < -0.4 is 0 Å². The molecule has 4 nitrogen and oxygen atoms in total. The van der Waals surface area contributed by atoms with Crippen LogP contribution in [0.3, 0.4) is 0 Å². The first kappa shape index (κ1) is 11.9. The summed E-state index contributed by atoms with van der Waals surface area (Å²) in [6.45, 7) is 2.57. The molecular formula is C12H15N3OS. The summed E-state index contributed by atoms with van der Waals surface area (Å²) >= 11 is 1.50. The third-order valence-electron chi connectivity index (χ3n) is 2.61. The fraction of sp³-hybridized carbons (Fsp3) is 0.333. The van der Waals surface area contributed by atoms with Crippen molar-refractivity contribution in [3.05, 3.63) is 40.1 Å². The van der Waals surface area contributed by atoms with Crippen molar-refractivity contribution in [1.82, 2.24) is 14.9 Å². The van der Waals surface area contributed by atoms with E-state index in [9.17, 15) is 4.79 Å². The van der Waals surface area contributed by atoms with Gasteiger partial charge in [-0.2, -0.15) is 0 Å². The van der Waals surface area contributed by atoms with E-state index < -0.39 is 0 Å². The molecule has 2 aromatic heterocycles. The van der Waals surface area contributed by atoms with Gasteiger partial charge in [0.15, 0.2) is 0 Å². The molecule has 0 atom stereocenters. The molecule has 2 rings (SSSR count). The molecule has 0 aromatic carbocycles. The van der Waals surface area contributed by atoms with E-state index in [4.69, 9.17) is 0 Å². The molecule has 0 fully saturated rings. The summed E-state index contributed by atoms with van der Waals surface area (Å²) in [6, 6.07) is 2.01. The predicted molar refractivity (Wildman–Crippen MR) is 68.1 cm³/mol. The fourth-order valence-electron chi connectivity index (χ4n) is 1.66. The summed E-state index contributed by atoms with van der Waals surface area (Å²) in [5.41, 5.74) is 1.12. The number of carbonyl (C=O) groups is 1. The second-order valence-corrected chi connectivity index (χ2v) is 4.74. The van der Waals surface area contributed by atoms with E-state index in [-0.39, 0.29) is 5.91 Å². The standard InChI is InChI=1S/C12H15N3OS/c1-3-9-4-7-17-11(9)12(16)15(2)8-10-13-5-6-14-10/h4-7H,3,8H2,1-2H3,(H,13,14). The van der Waals surface area contributed by atoms with Crippen LogP contribution in [0.25, 0.3) is 0 Å². The monoisotopic (exact) mass is 249 g/mol. The molecule has 0 aliphatic carbocycles. The van der Waals surface area contributed by atoms with E-state index in [0.29, 0.717) is 6.54 Å². The third kappa shape index (κ3) is 2.55. The number of nitrogens with zero attached hydrogens (tertiary/aromatic N) is 2. The van der Waals surface area contributed by atoms with Crippen LogP contribution in [-0.2, 0) is 13.0 Å². The van der Waals surface area contributed by atoms with E-state index in [2.05, 4.69) is 16.9 Å². The van der Waals surface area contributed by atoms with Crippen molar-refractivity contribution in [3.63, 3.8) is 0 Å². The predicted octanol–water partition coefficient (Wildman–Crippen LogP) is 2.31. The van der Waals surface area contributed by atoms with Gasteiger partial charge in [0.25, 0.3) is 5.91 Å². The van der Waals surface area contributed by atoms with Gasteiger partial charge in [-0.05, 0) is 23.4 Å². The number of aromatic nitrogens is 2. The number of imidazole rings is 1. The molecule has 0 unspecified atom stereocenters. The van der Waals surface area contributed by atoms with Crippen LogP contribution in [0.1, 0.15) is 28.0 Å². The van der Waals surface area contributed by atoms with Gasteiger partial charge in [0, 0.05) is 19.4 Å². The highest BCUT2D eigenvalue weighted by Gasteiger charge is 2.17. The number of rotatable bonds is 4. The number of amides is 1. The molecular weight excluding hydrogens is 234 g/mol. The minimum absolute atomic E-state index is 0.0632. The van der Waals surface area contributed by atoms with E-state index in [0.717, 1.165) is 22.7 Å². The molecule has 0 spiro atoms. The normalized spacial score (nSPS) is 10.5. The molecule has 1 N–H and O–H groups in total. The van der Waals surface area contributed by atoms with Gasteiger partial charge in [0.1, 0.15) is 5.82 Å². The highest BCUT2D eigenvalue weighted by molar-refractivity contribution is 7.12. The lowest BCUT2D eigenvalue weighted by Crippen LogP contribution is -2.26. The average Bonchev–Trinajstić information content (AvgIpc) is 2.97. The SMILES string of the molecule is CCc1ccsc1C(=O)N(C)Cc1ncc[nH]1. The van der Waals surface area contributed by atoms with Gasteiger partial charge in [-0.1, -0.05) is 6.92 Å². The van der Waals surface area contributed by atoms with E-state index in [1.54, 1.807) is 24.3 Å². The topological polar surface area (TPSA) is 49.0 Å². The van der Waals surface area contributed by atoms with Gasteiger partial charge < -0.3 is 9.88 Å². The summed E-state index contributed by atoms with van der Waals surface area (Å²) in [5, 5.41) is 1.97. The van der Waals surface area contributed by atoms with Crippen LogP contribution in [-0.4, -0.2) is 27.8 Å². The summed E-state index contributed by atoms with van der Waals surface area (Å²) in [7, 11) is 1.80. The quantitative estimate of drug-likeness (QED) is 0.904. The van der Waals surface area contributed by atoms with Gasteiger partial charge in [-0.15, -0.1) is 11.3 Å². The number of H-pyrrole nitrogens is 1. The van der Waals surface area contributed by atoms with Crippen molar-refractivity contribution in [2.45, 2.75) is 19.9 Å². The molecule has 90 valence electrons. The Labute approximate surface area is 104 Å². The molecule has 17 heavy (non-hydrogen) atoms. The molecule has 0 radical (unpaired) electrons. The fourth-order valence-corrected chi connectivity index (χ4v) is 2.64. The summed E-state index contributed by atoms with van der Waals surface area (Å²) < 4.78 is 0. The van der Waals surface area contributed by atoms with Gasteiger partial charge in [0.2, 0.25) is 0 Å². The van der Waals surface area contributed by atoms with Gasteiger partial charge >= 0.3 is 0 Å². The Hall–Kier alpha value is -1.62. The maximum atomic E-state index is 12.2. The summed E-state index contributed by atoms with van der Waals surface area (Å²) in [5.74, 6) is 0.865. The third-order valence-corrected chi connectivity index (χ3v) is 3.56. The zero-order valence-electron chi connectivity index (χ0n) is 9.93. The van der Waals surface area contributed by atoms with E-state index in [1.165, 1.54) is 11.3 Å². The Morgan fingerprint density at radius 3 is 3.06 bits per heavy atom. The average molecular weight is 249 g/mol. The highest BCUT2D eigenvalue weighted by atomic mass is 32.1. The van der Waals surface area contributed by atoms with Crippen molar-refractivity contribution in [2.24, 2.45) is 0 Å². The van der Waals surface area contributed by atoms with Crippen LogP contribution in [0.4, 0.5) is 0 Å². The van der Waals surface area contributed by atoms with Crippen molar-refractivity contribution < 1.29 is 4.79 Å². The van der Waals surface area contributed by atoms with Gasteiger partial charge in [-0.25, -0.2) is 4.98 Å². The maximum Gasteiger partial charge on any atom is 0.264 e. The van der Waals surface area contributed by atoms with E-state index in [1.807, 2.05) is 11.4 Å². The first-order valence-corrected chi connectivity index (χ1v) is 6.40. The number of nitrogens with one attached hydrogen (secondary N) is 1. The Morgan fingerprint density at radius 2 is 2.41 bits per heavy atom. The van der Waals surface area contributed by atoms with Crippen molar-refractivity contribution in [2.75, 3.05) is 7.05 Å². The molecule has 0 saturated carbocycles. The Morgan fingerprint density at radius 1 is 1.59 bits per heavy atom. The van der Waals surface area contributed by atoms with Crippen molar-refractivity contribution in [3.8, 4) is 0 Å². The number of aromatic amines is 1. The number of thiophene rings is 1.